The number of benzene rings is 2. The van der Waals surface area contributed by atoms with Gasteiger partial charge < -0.3 is 15.5 Å². The number of halogens is 1. The third-order valence-corrected chi connectivity index (χ3v) is 5.23. The van der Waals surface area contributed by atoms with E-state index in [1.807, 2.05) is 18.2 Å². The number of nitrogens with one attached hydrogen (secondary N) is 2. The number of hydrogen-bond acceptors (Lipinski definition) is 3. The van der Waals surface area contributed by atoms with E-state index in [2.05, 4.69) is 10.6 Å². The lowest BCUT2D eigenvalue weighted by Crippen LogP contribution is -2.53. The summed E-state index contributed by atoms with van der Waals surface area (Å²) in [7, 11) is 0. The molecule has 1 saturated heterocycles. The maximum absolute atomic E-state index is 14.0. The van der Waals surface area contributed by atoms with Gasteiger partial charge in [-0.15, -0.1) is 0 Å². The Kier molecular flexibility index (Phi) is 7.17. The van der Waals surface area contributed by atoms with Crippen LogP contribution in [-0.4, -0.2) is 47.8 Å². The van der Waals surface area contributed by atoms with E-state index in [4.69, 9.17) is 0 Å². The smallest absolute Gasteiger partial charge is 0.253 e. The molecule has 158 valence electrons. The van der Waals surface area contributed by atoms with Crippen molar-refractivity contribution in [2.75, 3.05) is 13.1 Å². The van der Waals surface area contributed by atoms with Crippen LogP contribution in [0.5, 0.6) is 0 Å². The van der Waals surface area contributed by atoms with Crippen molar-refractivity contribution in [1.29, 1.82) is 0 Å². The molecule has 3 amide bonds. The van der Waals surface area contributed by atoms with Crippen LogP contribution in [0.2, 0.25) is 0 Å². The fourth-order valence-electron chi connectivity index (χ4n) is 3.63. The Morgan fingerprint density at radius 2 is 1.67 bits per heavy atom. The maximum Gasteiger partial charge on any atom is 0.253 e. The highest BCUT2D eigenvalue weighted by molar-refractivity contribution is 5.94. The van der Waals surface area contributed by atoms with Gasteiger partial charge in [0.2, 0.25) is 11.8 Å². The molecule has 2 aromatic carbocycles. The molecule has 1 fully saturated rings. The first kappa shape index (κ1) is 21.5. The lowest BCUT2D eigenvalue weighted by atomic mass is 10.0. The fourth-order valence-corrected chi connectivity index (χ4v) is 3.63. The SMILES string of the molecule is CC(=O)NC(Cc1ccccc1F)C(=O)NC1CCN(C(=O)c2ccccc2)CC1. The van der Waals surface area contributed by atoms with E-state index in [1.54, 1.807) is 35.2 Å². The Morgan fingerprint density at radius 1 is 1.03 bits per heavy atom. The Morgan fingerprint density at radius 3 is 2.30 bits per heavy atom. The van der Waals surface area contributed by atoms with Crippen molar-refractivity contribution in [1.82, 2.24) is 15.5 Å². The van der Waals surface area contributed by atoms with Gasteiger partial charge in [0, 0.05) is 38.0 Å². The lowest BCUT2D eigenvalue weighted by Gasteiger charge is -2.33. The minimum Gasteiger partial charge on any atom is -0.351 e. The molecule has 1 unspecified atom stereocenters. The van der Waals surface area contributed by atoms with Crippen molar-refractivity contribution in [3.63, 3.8) is 0 Å². The van der Waals surface area contributed by atoms with Gasteiger partial charge in [0.25, 0.3) is 5.91 Å². The molecular weight excluding hydrogens is 385 g/mol. The second-order valence-corrected chi connectivity index (χ2v) is 7.49. The highest BCUT2D eigenvalue weighted by atomic mass is 19.1. The van der Waals surface area contributed by atoms with E-state index >= 15 is 0 Å². The van der Waals surface area contributed by atoms with Crippen LogP contribution in [0.4, 0.5) is 4.39 Å². The van der Waals surface area contributed by atoms with Crippen molar-refractivity contribution in [3.8, 4) is 0 Å². The molecule has 1 heterocycles. The van der Waals surface area contributed by atoms with E-state index in [1.165, 1.54) is 13.0 Å². The predicted molar refractivity (Wildman–Crippen MR) is 111 cm³/mol. The maximum atomic E-state index is 14.0. The topological polar surface area (TPSA) is 78.5 Å². The highest BCUT2D eigenvalue weighted by Gasteiger charge is 2.28. The van der Waals surface area contributed by atoms with E-state index in [9.17, 15) is 18.8 Å². The van der Waals surface area contributed by atoms with Crippen molar-refractivity contribution in [3.05, 3.63) is 71.5 Å². The van der Waals surface area contributed by atoms with E-state index < -0.39 is 11.9 Å². The Bertz CT molecular complexity index is 896. The average molecular weight is 411 g/mol. The van der Waals surface area contributed by atoms with Gasteiger partial charge in [-0.3, -0.25) is 14.4 Å². The minimum atomic E-state index is -0.858. The zero-order valence-corrected chi connectivity index (χ0v) is 16.9. The summed E-state index contributed by atoms with van der Waals surface area (Å²) < 4.78 is 14.0. The summed E-state index contributed by atoms with van der Waals surface area (Å²) in [5.74, 6) is -1.12. The summed E-state index contributed by atoms with van der Waals surface area (Å²) in [4.78, 5) is 38.6. The van der Waals surface area contributed by atoms with Gasteiger partial charge in [0.05, 0.1) is 0 Å². The molecule has 0 radical (unpaired) electrons. The molecule has 1 atom stereocenters. The second-order valence-electron chi connectivity index (χ2n) is 7.49. The molecule has 1 aliphatic rings. The van der Waals surface area contributed by atoms with Gasteiger partial charge in [-0.2, -0.15) is 0 Å². The van der Waals surface area contributed by atoms with Crippen LogP contribution in [0.25, 0.3) is 0 Å². The number of amides is 3. The molecule has 2 aromatic rings. The average Bonchev–Trinajstić information content (AvgIpc) is 2.75. The van der Waals surface area contributed by atoms with Crippen LogP contribution < -0.4 is 10.6 Å². The number of rotatable bonds is 6. The van der Waals surface area contributed by atoms with Gasteiger partial charge in [0.15, 0.2) is 0 Å². The van der Waals surface area contributed by atoms with Crippen LogP contribution in [0, 0.1) is 5.82 Å². The first-order valence-electron chi connectivity index (χ1n) is 10.1. The lowest BCUT2D eigenvalue weighted by molar-refractivity contribution is -0.128. The first-order chi connectivity index (χ1) is 14.4. The third-order valence-electron chi connectivity index (χ3n) is 5.23. The molecule has 30 heavy (non-hydrogen) atoms. The van der Waals surface area contributed by atoms with Crippen LogP contribution >= 0.6 is 0 Å². The molecular formula is C23H26FN3O3. The quantitative estimate of drug-likeness (QED) is 0.766. The van der Waals surface area contributed by atoms with Gasteiger partial charge >= 0.3 is 0 Å². The zero-order valence-electron chi connectivity index (χ0n) is 16.9. The van der Waals surface area contributed by atoms with Crippen molar-refractivity contribution < 1.29 is 18.8 Å². The zero-order chi connectivity index (χ0) is 21.5. The Balaban J connectivity index is 1.56. The first-order valence-corrected chi connectivity index (χ1v) is 10.1. The van der Waals surface area contributed by atoms with Crippen LogP contribution in [-0.2, 0) is 16.0 Å². The largest absolute Gasteiger partial charge is 0.351 e. The summed E-state index contributed by atoms with van der Waals surface area (Å²) in [5.41, 5.74) is 1.02. The number of piperidine rings is 1. The molecule has 3 rings (SSSR count). The molecule has 1 aliphatic heterocycles. The molecule has 0 saturated carbocycles. The number of nitrogens with zero attached hydrogens (tertiary/aromatic N) is 1. The number of carbonyl (C=O) groups is 3. The van der Waals surface area contributed by atoms with Crippen LogP contribution in [0.1, 0.15) is 35.7 Å². The Hall–Kier alpha value is -3.22. The summed E-state index contributed by atoms with van der Waals surface area (Å²) in [6, 6.07) is 14.4. The standard InChI is InChI=1S/C23H26FN3O3/c1-16(28)25-21(15-18-9-5-6-10-20(18)24)22(29)26-19-11-13-27(14-12-19)23(30)17-7-3-2-4-8-17/h2-10,19,21H,11-15H2,1H3,(H,25,28)(H,26,29). The molecule has 2 N–H and O–H groups in total. The van der Waals surface area contributed by atoms with E-state index in [0.717, 1.165) is 0 Å². The summed E-state index contributed by atoms with van der Waals surface area (Å²) in [5, 5.41) is 5.56. The van der Waals surface area contributed by atoms with Crippen LogP contribution in [0.15, 0.2) is 54.6 Å². The van der Waals surface area contributed by atoms with Crippen molar-refractivity contribution in [2.24, 2.45) is 0 Å². The minimum absolute atomic E-state index is 0.0175. The monoisotopic (exact) mass is 411 g/mol. The van der Waals surface area contributed by atoms with Gasteiger partial charge in [0.1, 0.15) is 11.9 Å². The molecule has 0 aromatic heterocycles. The Labute approximate surface area is 175 Å². The summed E-state index contributed by atoms with van der Waals surface area (Å²) in [6.45, 7) is 2.41. The predicted octanol–water partition coefficient (Wildman–Crippen LogP) is 2.29. The molecule has 7 heteroatoms. The van der Waals surface area contributed by atoms with Crippen molar-refractivity contribution in [2.45, 2.75) is 38.3 Å². The normalized spacial score (nSPS) is 15.3. The molecule has 6 nitrogen and oxygen atoms in total. The number of carbonyl (C=O) groups excluding carboxylic acids is 3. The summed E-state index contributed by atoms with van der Waals surface area (Å²) in [6.07, 6.45) is 1.32. The van der Waals surface area contributed by atoms with Gasteiger partial charge in [-0.1, -0.05) is 36.4 Å². The molecule has 0 spiro atoms. The summed E-state index contributed by atoms with van der Waals surface area (Å²) >= 11 is 0. The second kappa shape index (κ2) is 10.0. The third kappa shape index (κ3) is 5.65. The molecule has 0 aliphatic carbocycles. The van der Waals surface area contributed by atoms with Crippen molar-refractivity contribution >= 4 is 17.7 Å². The highest BCUT2D eigenvalue weighted by Crippen LogP contribution is 2.15. The van der Waals surface area contributed by atoms with E-state index in [-0.39, 0.29) is 30.2 Å². The van der Waals surface area contributed by atoms with Crippen LogP contribution in [0.3, 0.4) is 0 Å². The molecule has 0 bridgehead atoms. The fraction of sp³-hybridized carbons (Fsp3) is 0.348. The number of hydrogen-bond donors (Lipinski definition) is 2. The van der Waals surface area contributed by atoms with E-state index in [0.29, 0.717) is 37.1 Å². The van der Waals surface area contributed by atoms with Gasteiger partial charge in [-0.25, -0.2) is 4.39 Å². The number of likely N-dealkylation sites (tertiary alicyclic amines) is 1. The van der Waals surface area contributed by atoms with Gasteiger partial charge in [-0.05, 0) is 36.6 Å².